The Morgan fingerprint density at radius 1 is 1.09 bits per heavy atom. The van der Waals surface area contributed by atoms with Crippen LogP contribution in [0.1, 0.15) is 25.7 Å². The lowest BCUT2D eigenvalue weighted by molar-refractivity contribution is -0.145. The van der Waals surface area contributed by atoms with Crippen molar-refractivity contribution >= 4 is 28.6 Å². The van der Waals surface area contributed by atoms with Gasteiger partial charge in [0.05, 0.1) is 23.6 Å². The number of piperidine rings is 1. The molecule has 2 aromatic heterocycles. The first-order chi connectivity index (χ1) is 15.4. The second kappa shape index (κ2) is 8.34. The standard InChI is InChI=1S/C22H23F2N7O/c23-22(24)8-15(9-22)20(32)31-21-27-10-14-2-1-13(7-17(14)30-21)18-11-26-12-19(29-18)28-16-3-5-25-6-4-16/h1-2,7,10-12,15-16,25H,3-6,8-9H2,(H,28,29)(H,27,30,31,32). The number of carbonyl (C=O) groups excluding carboxylic acids is 1. The van der Waals surface area contributed by atoms with E-state index in [-0.39, 0.29) is 5.95 Å². The van der Waals surface area contributed by atoms with Gasteiger partial charge < -0.3 is 10.6 Å². The van der Waals surface area contributed by atoms with Crippen LogP contribution < -0.4 is 16.0 Å². The molecule has 1 aliphatic carbocycles. The molecule has 3 heterocycles. The Labute approximate surface area is 183 Å². The Morgan fingerprint density at radius 3 is 2.69 bits per heavy atom. The normalized spacial score (nSPS) is 18.8. The molecule has 5 rings (SSSR count). The number of hydrogen-bond acceptors (Lipinski definition) is 7. The van der Waals surface area contributed by atoms with Gasteiger partial charge in [0.15, 0.2) is 0 Å². The molecular formula is C22H23F2N7O. The van der Waals surface area contributed by atoms with Crippen molar-refractivity contribution in [1.82, 2.24) is 25.3 Å². The van der Waals surface area contributed by atoms with Crippen LogP contribution >= 0.6 is 0 Å². The predicted octanol–water partition coefficient (Wildman–Crippen LogP) is 3.23. The van der Waals surface area contributed by atoms with Crippen molar-refractivity contribution in [3.8, 4) is 11.3 Å². The Morgan fingerprint density at radius 2 is 1.91 bits per heavy atom. The number of fused-ring (bicyclic) bond motifs is 1. The molecule has 1 aromatic carbocycles. The number of hydrogen-bond donors (Lipinski definition) is 3. The highest BCUT2D eigenvalue weighted by atomic mass is 19.3. The molecule has 10 heteroatoms. The van der Waals surface area contributed by atoms with Crippen molar-refractivity contribution in [2.75, 3.05) is 23.7 Å². The Hall–Kier alpha value is -3.27. The van der Waals surface area contributed by atoms with Crippen molar-refractivity contribution in [3.05, 3.63) is 36.8 Å². The fraction of sp³-hybridized carbons (Fsp3) is 0.409. The molecule has 166 valence electrons. The molecule has 1 saturated carbocycles. The fourth-order valence-electron chi connectivity index (χ4n) is 4.05. The average molecular weight is 439 g/mol. The number of aromatic nitrogens is 4. The highest BCUT2D eigenvalue weighted by molar-refractivity contribution is 5.93. The van der Waals surface area contributed by atoms with Gasteiger partial charge >= 0.3 is 0 Å². The van der Waals surface area contributed by atoms with Crippen LogP contribution in [0.5, 0.6) is 0 Å². The van der Waals surface area contributed by atoms with Crippen LogP contribution in [0.2, 0.25) is 0 Å². The van der Waals surface area contributed by atoms with Crippen LogP contribution in [-0.4, -0.2) is 50.9 Å². The van der Waals surface area contributed by atoms with Gasteiger partial charge in [0.2, 0.25) is 17.8 Å². The molecule has 3 aromatic rings. The van der Waals surface area contributed by atoms with Gasteiger partial charge in [-0.1, -0.05) is 12.1 Å². The monoisotopic (exact) mass is 439 g/mol. The average Bonchev–Trinajstić information content (AvgIpc) is 2.78. The van der Waals surface area contributed by atoms with Crippen molar-refractivity contribution in [1.29, 1.82) is 0 Å². The molecule has 32 heavy (non-hydrogen) atoms. The van der Waals surface area contributed by atoms with Crippen LogP contribution in [0, 0.1) is 5.92 Å². The summed E-state index contributed by atoms with van der Waals surface area (Å²) in [5.41, 5.74) is 2.14. The van der Waals surface area contributed by atoms with Gasteiger partial charge in [0.25, 0.3) is 0 Å². The van der Waals surface area contributed by atoms with Gasteiger partial charge in [-0.05, 0) is 32.0 Å². The fourth-order valence-corrected chi connectivity index (χ4v) is 4.05. The number of alkyl halides is 2. The Kier molecular flexibility index (Phi) is 5.38. The minimum atomic E-state index is -2.75. The van der Waals surface area contributed by atoms with Crippen LogP contribution in [0.4, 0.5) is 20.5 Å². The van der Waals surface area contributed by atoms with Crippen LogP contribution in [0.3, 0.4) is 0 Å². The van der Waals surface area contributed by atoms with E-state index in [2.05, 4.69) is 30.9 Å². The number of benzene rings is 1. The first-order valence-corrected chi connectivity index (χ1v) is 10.7. The predicted molar refractivity (Wildman–Crippen MR) is 116 cm³/mol. The Bertz CT molecular complexity index is 1140. The van der Waals surface area contributed by atoms with Gasteiger partial charge in [-0.2, -0.15) is 0 Å². The minimum Gasteiger partial charge on any atom is -0.366 e. The number of nitrogens with one attached hydrogen (secondary N) is 3. The number of carbonyl (C=O) groups is 1. The zero-order valence-electron chi connectivity index (χ0n) is 17.3. The van der Waals surface area contributed by atoms with Gasteiger partial charge in [-0.15, -0.1) is 0 Å². The van der Waals surface area contributed by atoms with Crippen molar-refractivity contribution in [2.24, 2.45) is 5.92 Å². The van der Waals surface area contributed by atoms with E-state index in [1.807, 2.05) is 18.2 Å². The smallest absolute Gasteiger partial charge is 0.249 e. The summed E-state index contributed by atoms with van der Waals surface area (Å²) in [6, 6.07) is 6.00. The summed E-state index contributed by atoms with van der Waals surface area (Å²) in [5.74, 6) is -3.11. The van der Waals surface area contributed by atoms with E-state index in [4.69, 9.17) is 4.98 Å². The van der Waals surface area contributed by atoms with Crippen LogP contribution in [0.15, 0.2) is 36.8 Å². The molecule has 1 aliphatic heterocycles. The molecule has 0 bridgehead atoms. The van der Waals surface area contributed by atoms with E-state index in [1.165, 1.54) is 0 Å². The van der Waals surface area contributed by atoms with Crippen molar-refractivity contribution in [2.45, 2.75) is 37.6 Å². The molecule has 2 aliphatic rings. The maximum Gasteiger partial charge on any atom is 0.249 e. The maximum absolute atomic E-state index is 13.0. The van der Waals surface area contributed by atoms with Crippen molar-refractivity contribution < 1.29 is 13.6 Å². The summed E-state index contributed by atoms with van der Waals surface area (Å²) < 4.78 is 26.1. The highest BCUT2D eigenvalue weighted by Gasteiger charge is 2.48. The zero-order chi connectivity index (χ0) is 22.1. The first kappa shape index (κ1) is 20.6. The molecule has 8 nitrogen and oxygen atoms in total. The molecule has 0 atom stereocenters. The summed E-state index contributed by atoms with van der Waals surface area (Å²) in [6.07, 6.45) is 6.20. The number of amides is 1. The van der Waals surface area contributed by atoms with Gasteiger partial charge in [-0.25, -0.2) is 23.7 Å². The van der Waals surface area contributed by atoms with Crippen molar-refractivity contribution in [3.63, 3.8) is 0 Å². The molecule has 0 spiro atoms. The molecule has 1 amide bonds. The van der Waals surface area contributed by atoms with E-state index in [0.717, 1.165) is 42.7 Å². The molecule has 0 radical (unpaired) electrons. The lowest BCUT2D eigenvalue weighted by atomic mass is 9.81. The number of halogens is 2. The van der Waals surface area contributed by atoms with Gasteiger partial charge in [-0.3, -0.25) is 15.1 Å². The van der Waals surface area contributed by atoms with E-state index in [0.29, 0.717) is 17.3 Å². The molecule has 0 unspecified atom stereocenters. The number of anilines is 2. The van der Waals surface area contributed by atoms with Crippen LogP contribution in [-0.2, 0) is 4.79 Å². The summed E-state index contributed by atoms with van der Waals surface area (Å²) >= 11 is 0. The first-order valence-electron chi connectivity index (χ1n) is 10.7. The molecule has 1 saturated heterocycles. The molecule has 3 N–H and O–H groups in total. The SMILES string of the molecule is O=C(Nc1ncc2ccc(-c3cncc(NC4CCNCC4)n3)cc2n1)C1CC(F)(F)C1. The van der Waals surface area contributed by atoms with E-state index in [9.17, 15) is 13.6 Å². The largest absolute Gasteiger partial charge is 0.366 e. The topological polar surface area (TPSA) is 105 Å². The number of rotatable bonds is 5. The highest BCUT2D eigenvalue weighted by Crippen LogP contribution is 2.42. The summed E-state index contributed by atoms with van der Waals surface area (Å²) in [7, 11) is 0. The third-order valence-corrected chi connectivity index (χ3v) is 5.90. The lowest BCUT2D eigenvalue weighted by Crippen LogP contribution is -2.42. The van der Waals surface area contributed by atoms with Gasteiger partial charge in [0, 0.05) is 41.9 Å². The van der Waals surface area contributed by atoms with E-state index >= 15 is 0 Å². The second-order valence-corrected chi connectivity index (χ2v) is 8.38. The van der Waals surface area contributed by atoms with E-state index < -0.39 is 30.6 Å². The third-order valence-electron chi connectivity index (χ3n) is 5.90. The summed E-state index contributed by atoms with van der Waals surface area (Å²) in [6.45, 7) is 1.97. The van der Waals surface area contributed by atoms with Crippen LogP contribution in [0.25, 0.3) is 22.2 Å². The number of nitrogens with zero attached hydrogens (tertiary/aromatic N) is 4. The zero-order valence-corrected chi connectivity index (χ0v) is 17.3. The van der Waals surface area contributed by atoms with E-state index in [1.54, 1.807) is 18.6 Å². The lowest BCUT2D eigenvalue weighted by Gasteiger charge is -2.33. The summed E-state index contributed by atoms with van der Waals surface area (Å²) in [5, 5.41) is 10.1. The van der Waals surface area contributed by atoms with Gasteiger partial charge in [0.1, 0.15) is 5.82 Å². The Balaban J connectivity index is 1.33. The quantitative estimate of drug-likeness (QED) is 0.561. The summed E-state index contributed by atoms with van der Waals surface area (Å²) in [4.78, 5) is 29.7. The third kappa shape index (κ3) is 4.50. The molecular weight excluding hydrogens is 416 g/mol. The second-order valence-electron chi connectivity index (χ2n) is 8.38. The minimum absolute atomic E-state index is 0.0993. The maximum atomic E-state index is 13.0. The molecule has 2 fully saturated rings.